The predicted octanol–water partition coefficient (Wildman–Crippen LogP) is 5.04. The molecule has 0 atom stereocenters. The van der Waals surface area contributed by atoms with Crippen LogP contribution in [0.5, 0.6) is 11.5 Å². The first-order valence-corrected chi connectivity index (χ1v) is 9.83. The molecule has 1 saturated carbocycles. The molecule has 1 aliphatic rings. The minimum absolute atomic E-state index is 0.0126. The van der Waals surface area contributed by atoms with Gasteiger partial charge in [-0.3, -0.25) is 4.79 Å². The Kier molecular flexibility index (Phi) is 6.74. The molecule has 4 nitrogen and oxygen atoms in total. The average molecular weight is 367 g/mol. The van der Waals surface area contributed by atoms with E-state index in [0.717, 1.165) is 35.5 Å². The van der Waals surface area contributed by atoms with Crippen LogP contribution in [-0.2, 0) is 6.61 Å². The SMILES string of the molecule is COc1ccc(C(=O)NC2CCCCCC2)cc1COc1cccc(C)c1. The van der Waals surface area contributed by atoms with Crippen LogP contribution in [0.3, 0.4) is 0 Å². The molecule has 0 radical (unpaired) electrons. The second-order valence-corrected chi connectivity index (χ2v) is 7.29. The normalized spacial score (nSPS) is 15.0. The molecule has 2 aromatic rings. The molecule has 3 rings (SSSR count). The summed E-state index contributed by atoms with van der Waals surface area (Å²) >= 11 is 0. The van der Waals surface area contributed by atoms with Gasteiger partial charge in [0.15, 0.2) is 0 Å². The van der Waals surface area contributed by atoms with E-state index >= 15 is 0 Å². The number of amides is 1. The van der Waals surface area contributed by atoms with Crippen LogP contribution in [0.4, 0.5) is 0 Å². The van der Waals surface area contributed by atoms with Crippen LogP contribution in [0.1, 0.15) is 60.0 Å². The first kappa shape index (κ1) is 19.3. The first-order valence-electron chi connectivity index (χ1n) is 9.83. The van der Waals surface area contributed by atoms with Gasteiger partial charge in [-0.05, 0) is 55.7 Å². The van der Waals surface area contributed by atoms with Gasteiger partial charge in [0.2, 0.25) is 0 Å². The second-order valence-electron chi connectivity index (χ2n) is 7.29. The maximum atomic E-state index is 12.7. The van der Waals surface area contributed by atoms with Crippen molar-refractivity contribution in [3.8, 4) is 11.5 Å². The molecule has 1 amide bonds. The fourth-order valence-corrected chi connectivity index (χ4v) is 3.59. The van der Waals surface area contributed by atoms with E-state index in [4.69, 9.17) is 9.47 Å². The third-order valence-electron chi connectivity index (χ3n) is 5.12. The Balaban J connectivity index is 1.69. The van der Waals surface area contributed by atoms with E-state index in [1.165, 1.54) is 25.7 Å². The van der Waals surface area contributed by atoms with Crippen LogP contribution in [-0.4, -0.2) is 19.1 Å². The van der Waals surface area contributed by atoms with E-state index in [0.29, 0.717) is 12.2 Å². The van der Waals surface area contributed by atoms with E-state index in [9.17, 15) is 4.79 Å². The van der Waals surface area contributed by atoms with Crippen molar-refractivity contribution in [1.29, 1.82) is 0 Å². The highest BCUT2D eigenvalue weighted by Gasteiger charge is 2.17. The van der Waals surface area contributed by atoms with Crippen molar-refractivity contribution in [2.75, 3.05) is 7.11 Å². The number of methoxy groups -OCH3 is 1. The molecule has 0 unspecified atom stereocenters. The minimum atomic E-state index is -0.0126. The summed E-state index contributed by atoms with van der Waals surface area (Å²) in [4.78, 5) is 12.7. The minimum Gasteiger partial charge on any atom is -0.496 e. The van der Waals surface area contributed by atoms with Crippen molar-refractivity contribution in [2.45, 2.75) is 58.1 Å². The van der Waals surface area contributed by atoms with Crippen molar-refractivity contribution in [2.24, 2.45) is 0 Å². The van der Waals surface area contributed by atoms with Gasteiger partial charge in [0.1, 0.15) is 18.1 Å². The molecule has 0 spiro atoms. The van der Waals surface area contributed by atoms with Gasteiger partial charge in [0.05, 0.1) is 7.11 Å². The van der Waals surface area contributed by atoms with Crippen LogP contribution in [0.25, 0.3) is 0 Å². The lowest BCUT2D eigenvalue weighted by molar-refractivity contribution is 0.0933. The average Bonchev–Trinajstić information content (AvgIpc) is 2.95. The van der Waals surface area contributed by atoms with E-state index in [1.54, 1.807) is 7.11 Å². The van der Waals surface area contributed by atoms with Gasteiger partial charge in [-0.15, -0.1) is 0 Å². The monoisotopic (exact) mass is 367 g/mol. The molecule has 0 saturated heterocycles. The predicted molar refractivity (Wildman–Crippen MR) is 107 cm³/mol. The standard InChI is InChI=1S/C23H29NO3/c1-17-8-7-11-21(14-17)27-16-19-15-18(12-13-22(19)26-2)23(25)24-20-9-5-3-4-6-10-20/h7-8,11-15,20H,3-6,9-10,16H2,1-2H3,(H,24,25). The number of benzene rings is 2. The zero-order valence-electron chi connectivity index (χ0n) is 16.3. The number of ether oxygens (including phenoxy) is 2. The highest BCUT2D eigenvalue weighted by Crippen LogP contribution is 2.23. The second kappa shape index (κ2) is 9.45. The Morgan fingerprint density at radius 1 is 1.07 bits per heavy atom. The Morgan fingerprint density at radius 3 is 2.56 bits per heavy atom. The Morgan fingerprint density at radius 2 is 1.85 bits per heavy atom. The first-order chi connectivity index (χ1) is 13.2. The van der Waals surface area contributed by atoms with Crippen LogP contribution in [0.15, 0.2) is 42.5 Å². The summed E-state index contributed by atoms with van der Waals surface area (Å²) in [5.41, 5.74) is 2.67. The topological polar surface area (TPSA) is 47.6 Å². The van der Waals surface area contributed by atoms with Gasteiger partial charge in [-0.1, -0.05) is 37.8 Å². The van der Waals surface area contributed by atoms with Crippen molar-refractivity contribution in [3.05, 3.63) is 59.2 Å². The molecular formula is C23H29NO3. The van der Waals surface area contributed by atoms with Crippen molar-refractivity contribution in [1.82, 2.24) is 5.32 Å². The van der Waals surface area contributed by atoms with Gasteiger partial charge in [-0.25, -0.2) is 0 Å². The van der Waals surface area contributed by atoms with E-state index in [1.807, 2.05) is 49.4 Å². The Hall–Kier alpha value is -2.49. The zero-order valence-corrected chi connectivity index (χ0v) is 16.3. The fourth-order valence-electron chi connectivity index (χ4n) is 3.59. The number of carbonyl (C=O) groups is 1. The molecule has 1 N–H and O–H groups in total. The number of hydrogen-bond acceptors (Lipinski definition) is 3. The molecule has 1 aliphatic carbocycles. The van der Waals surface area contributed by atoms with Gasteiger partial charge < -0.3 is 14.8 Å². The molecule has 2 aromatic carbocycles. The molecular weight excluding hydrogens is 338 g/mol. The summed E-state index contributed by atoms with van der Waals surface area (Å²) < 4.78 is 11.4. The molecule has 0 bridgehead atoms. The van der Waals surface area contributed by atoms with E-state index < -0.39 is 0 Å². The summed E-state index contributed by atoms with van der Waals surface area (Å²) in [7, 11) is 1.64. The third-order valence-corrected chi connectivity index (χ3v) is 5.12. The van der Waals surface area contributed by atoms with Crippen LogP contribution >= 0.6 is 0 Å². The number of rotatable bonds is 6. The number of carbonyl (C=O) groups excluding carboxylic acids is 1. The maximum absolute atomic E-state index is 12.7. The smallest absolute Gasteiger partial charge is 0.251 e. The number of nitrogens with one attached hydrogen (secondary N) is 1. The number of aryl methyl sites for hydroxylation is 1. The Bertz CT molecular complexity index is 764. The summed E-state index contributed by atoms with van der Waals surface area (Å²) in [6.07, 6.45) is 7.09. The van der Waals surface area contributed by atoms with E-state index in [-0.39, 0.29) is 11.9 Å². The lowest BCUT2D eigenvalue weighted by Crippen LogP contribution is -2.34. The highest BCUT2D eigenvalue weighted by atomic mass is 16.5. The molecule has 27 heavy (non-hydrogen) atoms. The van der Waals surface area contributed by atoms with Crippen LogP contribution < -0.4 is 14.8 Å². The largest absolute Gasteiger partial charge is 0.496 e. The maximum Gasteiger partial charge on any atom is 0.251 e. The molecule has 144 valence electrons. The van der Waals surface area contributed by atoms with Gasteiger partial charge in [0, 0.05) is 17.2 Å². The Labute approximate surface area is 161 Å². The molecule has 0 aliphatic heterocycles. The summed E-state index contributed by atoms with van der Waals surface area (Å²) in [6, 6.07) is 13.8. The van der Waals surface area contributed by atoms with Crippen molar-refractivity contribution >= 4 is 5.91 Å². The number of hydrogen-bond donors (Lipinski definition) is 1. The summed E-state index contributed by atoms with van der Waals surface area (Å²) in [5.74, 6) is 1.53. The molecule has 4 heteroatoms. The highest BCUT2D eigenvalue weighted by molar-refractivity contribution is 5.94. The van der Waals surface area contributed by atoms with Gasteiger partial charge in [-0.2, -0.15) is 0 Å². The molecule has 0 aromatic heterocycles. The fraction of sp³-hybridized carbons (Fsp3) is 0.435. The summed E-state index contributed by atoms with van der Waals surface area (Å²) in [5, 5.41) is 3.20. The van der Waals surface area contributed by atoms with Crippen LogP contribution in [0, 0.1) is 6.92 Å². The third kappa shape index (κ3) is 5.49. The summed E-state index contributed by atoms with van der Waals surface area (Å²) in [6.45, 7) is 2.39. The lowest BCUT2D eigenvalue weighted by Gasteiger charge is -2.17. The lowest BCUT2D eigenvalue weighted by atomic mass is 10.1. The molecule has 1 fully saturated rings. The molecule has 0 heterocycles. The van der Waals surface area contributed by atoms with Crippen LogP contribution in [0.2, 0.25) is 0 Å². The zero-order chi connectivity index (χ0) is 19.1. The van der Waals surface area contributed by atoms with E-state index in [2.05, 4.69) is 5.32 Å². The van der Waals surface area contributed by atoms with Gasteiger partial charge in [0.25, 0.3) is 5.91 Å². The van der Waals surface area contributed by atoms with Crippen molar-refractivity contribution < 1.29 is 14.3 Å². The van der Waals surface area contributed by atoms with Gasteiger partial charge >= 0.3 is 0 Å². The van der Waals surface area contributed by atoms with Crippen molar-refractivity contribution in [3.63, 3.8) is 0 Å². The quantitative estimate of drug-likeness (QED) is 0.728.